The minimum Gasteiger partial charge on any atom is -0.466 e. The molecule has 0 bridgehead atoms. The summed E-state index contributed by atoms with van der Waals surface area (Å²) in [5.74, 6) is 1.25. The Hall–Kier alpha value is -1.64. The van der Waals surface area contributed by atoms with Crippen LogP contribution in [0, 0.1) is 20.8 Å². The average molecular weight is 470 g/mol. The smallest absolute Gasteiger partial charge is 0.263 e. The van der Waals surface area contributed by atoms with Crippen molar-refractivity contribution in [2.45, 2.75) is 20.8 Å². The predicted octanol–water partition coefficient (Wildman–Crippen LogP) is 4.87. The van der Waals surface area contributed by atoms with Gasteiger partial charge in [-0.1, -0.05) is 29.0 Å². The summed E-state index contributed by atoms with van der Waals surface area (Å²) in [7, 11) is 0. The van der Waals surface area contributed by atoms with Gasteiger partial charge in [-0.2, -0.15) is 0 Å². The number of aromatic nitrogens is 1. The number of ether oxygens (including phenoxy) is 1. The van der Waals surface area contributed by atoms with Crippen molar-refractivity contribution in [1.29, 1.82) is 0 Å². The standard InChI is InChI=1S/C21H24ClN3O3S.ClH/c1-13-4-5-17(22)19-18(13)23-21(29-19)25(7-6-24-8-10-27-11-9-24)20(26)16-12-14(2)28-15(16)3;/h4-5,12H,6-11H2,1-3H3;1H. The van der Waals surface area contributed by atoms with Crippen LogP contribution in [0.4, 0.5) is 5.13 Å². The van der Waals surface area contributed by atoms with Gasteiger partial charge in [0.2, 0.25) is 0 Å². The van der Waals surface area contributed by atoms with Crippen LogP contribution in [0.1, 0.15) is 27.4 Å². The number of thiazole rings is 1. The number of benzene rings is 1. The molecule has 1 aromatic carbocycles. The van der Waals surface area contributed by atoms with Gasteiger partial charge in [-0.25, -0.2) is 4.98 Å². The van der Waals surface area contributed by atoms with Crippen LogP contribution in [-0.4, -0.2) is 55.2 Å². The number of carbonyl (C=O) groups is 1. The van der Waals surface area contributed by atoms with Crippen molar-refractivity contribution in [3.05, 3.63) is 45.9 Å². The average Bonchev–Trinajstić information content (AvgIpc) is 3.30. The fourth-order valence-corrected chi connectivity index (χ4v) is 4.89. The highest BCUT2D eigenvalue weighted by atomic mass is 35.5. The number of furan rings is 1. The van der Waals surface area contributed by atoms with Gasteiger partial charge in [0.1, 0.15) is 11.5 Å². The van der Waals surface area contributed by atoms with Crippen molar-refractivity contribution in [3.8, 4) is 0 Å². The summed E-state index contributed by atoms with van der Waals surface area (Å²) in [6.45, 7) is 10.2. The molecule has 6 nitrogen and oxygen atoms in total. The number of morpholine rings is 1. The van der Waals surface area contributed by atoms with Gasteiger partial charge in [0.15, 0.2) is 5.13 Å². The van der Waals surface area contributed by atoms with Crippen LogP contribution in [0.25, 0.3) is 10.2 Å². The Labute approximate surface area is 191 Å². The molecule has 1 amide bonds. The number of rotatable bonds is 5. The van der Waals surface area contributed by atoms with Gasteiger partial charge < -0.3 is 9.15 Å². The molecule has 9 heteroatoms. The largest absolute Gasteiger partial charge is 0.466 e. The van der Waals surface area contributed by atoms with Crippen LogP contribution in [0.15, 0.2) is 22.6 Å². The van der Waals surface area contributed by atoms with E-state index in [0.29, 0.717) is 28.0 Å². The first-order valence-electron chi connectivity index (χ1n) is 9.68. The van der Waals surface area contributed by atoms with E-state index in [-0.39, 0.29) is 18.3 Å². The zero-order valence-electron chi connectivity index (χ0n) is 17.2. The maximum atomic E-state index is 13.5. The molecule has 0 spiro atoms. The van der Waals surface area contributed by atoms with Crippen molar-refractivity contribution < 1.29 is 13.9 Å². The highest BCUT2D eigenvalue weighted by molar-refractivity contribution is 7.23. The number of carbonyl (C=O) groups excluding carboxylic acids is 1. The number of amides is 1. The molecule has 1 aliphatic heterocycles. The molecule has 162 valence electrons. The first-order valence-corrected chi connectivity index (χ1v) is 10.9. The molecular formula is C21H25Cl2N3O3S. The van der Waals surface area contributed by atoms with Crippen molar-refractivity contribution in [2.75, 3.05) is 44.3 Å². The molecule has 0 atom stereocenters. The van der Waals surface area contributed by atoms with E-state index in [4.69, 9.17) is 25.7 Å². The molecule has 0 saturated carbocycles. The van der Waals surface area contributed by atoms with Crippen LogP contribution in [0.3, 0.4) is 0 Å². The van der Waals surface area contributed by atoms with Crippen LogP contribution in [0.5, 0.6) is 0 Å². The third-order valence-corrected chi connectivity index (χ3v) is 6.72. The second-order valence-electron chi connectivity index (χ2n) is 7.28. The lowest BCUT2D eigenvalue weighted by Crippen LogP contribution is -2.43. The highest BCUT2D eigenvalue weighted by Crippen LogP contribution is 2.36. The molecule has 4 rings (SSSR count). The molecule has 0 aliphatic carbocycles. The number of halogens is 2. The SMILES string of the molecule is Cc1cc(C(=O)N(CCN2CCOCC2)c2nc3c(C)ccc(Cl)c3s2)c(C)o1.Cl. The van der Waals surface area contributed by atoms with E-state index in [1.165, 1.54) is 11.3 Å². The summed E-state index contributed by atoms with van der Waals surface area (Å²) in [6.07, 6.45) is 0. The van der Waals surface area contributed by atoms with Gasteiger partial charge in [0.25, 0.3) is 5.91 Å². The maximum Gasteiger partial charge on any atom is 0.263 e. The molecule has 0 N–H and O–H groups in total. The lowest BCUT2D eigenvalue weighted by molar-refractivity contribution is 0.0391. The molecule has 3 heterocycles. The van der Waals surface area contributed by atoms with Gasteiger partial charge in [-0.3, -0.25) is 14.6 Å². The predicted molar refractivity (Wildman–Crippen MR) is 124 cm³/mol. The fourth-order valence-electron chi connectivity index (χ4n) is 3.55. The molecule has 0 radical (unpaired) electrons. The lowest BCUT2D eigenvalue weighted by atomic mass is 10.2. The summed E-state index contributed by atoms with van der Waals surface area (Å²) in [5, 5.41) is 1.32. The number of hydrogen-bond donors (Lipinski definition) is 0. The number of anilines is 1. The van der Waals surface area contributed by atoms with Crippen LogP contribution in [0.2, 0.25) is 5.02 Å². The maximum absolute atomic E-state index is 13.5. The molecule has 30 heavy (non-hydrogen) atoms. The molecule has 3 aromatic rings. The number of aryl methyl sites for hydroxylation is 3. The molecular weight excluding hydrogens is 445 g/mol. The first-order chi connectivity index (χ1) is 13.9. The van der Waals surface area contributed by atoms with E-state index in [1.807, 2.05) is 32.9 Å². The normalized spacial score (nSPS) is 14.7. The molecule has 2 aromatic heterocycles. The summed E-state index contributed by atoms with van der Waals surface area (Å²) in [5.41, 5.74) is 2.47. The summed E-state index contributed by atoms with van der Waals surface area (Å²) in [4.78, 5) is 22.3. The quantitative estimate of drug-likeness (QED) is 0.533. The minimum absolute atomic E-state index is 0. The van der Waals surface area contributed by atoms with E-state index in [0.717, 1.165) is 54.4 Å². The Morgan fingerprint density at radius 1 is 1.27 bits per heavy atom. The zero-order valence-corrected chi connectivity index (χ0v) is 19.6. The minimum atomic E-state index is -0.0968. The van der Waals surface area contributed by atoms with Gasteiger partial charge in [0, 0.05) is 26.2 Å². The third kappa shape index (κ3) is 4.65. The molecule has 1 aliphatic rings. The summed E-state index contributed by atoms with van der Waals surface area (Å²) >= 11 is 7.86. The molecule has 1 saturated heterocycles. The van der Waals surface area contributed by atoms with E-state index in [1.54, 1.807) is 11.0 Å². The monoisotopic (exact) mass is 469 g/mol. The lowest BCUT2D eigenvalue weighted by Gasteiger charge is -2.29. The van der Waals surface area contributed by atoms with Crippen LogP contribution in [-0.2, 0) is 4.74 Å². The van der Waals surface area contributed by atoms with E-state index >= 15 is 0 Å². The number of nitrogens with zero attached hydrogens (tertiary/aromatic N) is 3. The van der Waals surface area contributed by atoms with Gasteiger partial charge >= 0.3 is 0 Å². The van der Waals surface area contributed by atoms with E-state index < -0.39 is 0 Å². The Morgan fingerprint density at radius 3 is 2.63 bits per heavy atom. The van der Waals surface area contributed by atoms with Crippen LogP contribution >= 0.6 is 35.3 Å². The molecule has 0 unspecified atom stereocenters. The topological polar surface area (TPSA) is 58.8 Å². The Morgan fingerprint density at radius 2 is 2.00 bits per heavy atom. The van der Waals surface area contributed by atoms with Crippen molar-refractivity contribution in [3.63, 3.8) is 0 Å². The summed E-state index contributed by atoms with van der Waals surface area (Å²) < 4.78 is 11.9. The van der Waals surface area contributed by atoms with Gasteiger partial charge in [0.05, 0.1) is 34.0 Å². The second kappa shape index (κ2) is 9.66. The Bertz CT molecular complexity index is 1000. The van der Waals surface area contributed by atoms with Crippen LogP contribution < -0.4 is 4.90 Å². The number of hydrogen-bond acceptors (Lipinski definition) is 6. The second-order valence-corrected chi connectivity index (χ2v) is 8.66. The van der Waals surface area contributed by atoms with E-state index in [2.05, 4.69) is 4.90 Å². The Kier molecular flexibility index (Phi) is 7.42. The van der Waals surface area contributed by atoms with Crippen molar-refractivity contribution >= 4 is 56.6 Å². The zero-order chi connectivity index (χ0) is 20.5. The first kappa shape index (κ1) is 23.0. The summed E-state index contributed by atoms with van der Waals surface area (Å²) in [6, 6.07) is 5.63. The van der Waals surface area contributed by atoms with Gasteiger partial charge in [-0.05, 0) is 38.5 Å². The van der Waals surface area contributed by atoms with E-state index in [9.17, 15) is 4.79 Å². The third-order valence-electron chi connectivity index (χ3n) is 5.18. The van der Waals surface area contributed by atoms with Crippen molar-refractivity contribution in [1.82, 2.24) is 9.88 Å². The number of fused-ring (bicyclic) bond motifs is 1. The molecule has 1 fully saturated rings. The fraction of sp³-hybridized carbons (Fsp3) is 0.429. The highest BCUT2D eigenvalue weighted by Gasteiger charge is 2.26. The van der Waals surface area contributed by atoms with Crippen molar-refractivity contribution in [2.24, 2.45) is 0 Å². The Balaban J connectivity index is 0.00000256. The van der Waals surface area contributed by atoms with Gasteiger partial charge in [-0.15, -0.1) is 12.4 Å².